The van der Waals surface area contributed by atoms with Crippen LogP contribution in [0.25, 0.3) is 0 Å². The number of methoxy groups -OCH3 is 1. The Morgan fingerprint density at radius 1 is 1.35 bits per heavy atom. The number of aliphatic carboxylic acids is 1. The van der Waals surface area contributed by atoms with Gasteiger partial charge >= 0.3 is 5.97 Å². The average Bonchev–Trinajstić information content (AvgIpc) is 2.36. The summed E-state index contributed by atoms with van der Waals surface area (Å²) in [7, 11) is 1.49. The van der Waals surface area contributed by atoms with Crippen LogP contribution < -0.4 is 4.74 Å². The van der Waals surface area contributed by atoms with Crippen molar-refractivity contribution in [1.82, 2.24) is 4.90 Å². The van der Waals surface area contributed by atoms with E-state index in [2.05, 4.69) is 13.8 Å². The molecule has 0 aromatic heterocycles. The Bertz CT molecular complexity index is 459. The molecule has 2 N–H and O–H groups in total. The zero-order valence-corrected chi connectivity index (χ0v) is 12.5. The van der Waals surface area contributed by atoms with Crippen LogP contribution >= 0.6 is 0 Å². The molecule has 112 valence electrons. The molecule has 1 aromatic carbocycles. The van der Waals surface area contributed by atoms with Crippen LogP contribution in [0.3, 0.4) is 0 Å². The van der Waals surface area contributed by atoms with Crippen molar-refractivity contribution in [3.63, 3.8) is 0 Å². The second kappa shape index (κ2) is 7.14. The Morgan fingerprint density at radius 3 is 2.50 bits per heavy atom. The maximum absolute atomic E-state index is 11.0. The van der Waals surface area contributed by atoms with Crippen LogP contribution in [0.4, 0.5) is 0 Å². The van der Waals surface area contributed by atoms with E-state index in [1.807, 2.05) is 11.8 Å². The summed E-state index contributed by atoms with van der Waals surface area (Å²) in [6.07, 6.45) is 0. The number of nitrogens with zero attached hydrogens (tertiary/aromatic N) is 1. The number of carboxylic acid groups (broad SMARTS) is 1. The van der Waals surface area contributed by atoms with Crippen molar-refractivity contribution in [2.75, 3.05) is 20.2 Å². The van der Waals surface area contributed by atoms with E-state index in [1.165, 1.54) is 7.11 Å². The van der Waals surface area contributed by atoms with Gasteiger partial charge in [-0.2, -0.15) is 0 Å². The molecule has 0 aliphatic carbocycles. The van der Waals surface area contributed by atoms with Gasteiger partial charge in [0.15, 0.2) is 11.5 Å². The molecule has 0 radical (unpaired) electrons. The van der Waals surface area contributed by atoms with E-state index in [0.717, 1.165) is 5.56 Å². The van der Waals surface area contributed by atoms with Gasteiger partial charge in [0.2, 0.25) is 0 Å². The van der Waals surface area contributed by atoms with Crippen LogP contribution in [0.15, 0.2) is 18.2 Å². The first-order chi connectivity index (χ1) is 9.35. The molecular weight excluding hydrogens is 258 g/mol. The van der Waals surface area contributed by atoms with Gasteiger partial charge in [0.1, 0.15) is 0 Å². The van der Waals surface area contributed by atoms with Crippen molar-refractivity contribution >= 4 is 5.97 Å². The first kappa shape index (κ1) is 16.3. The number of hydrogen-bond acceptors (Lipinski definition) is 4. The van der Waals surface area contributed by atoms with Gasteiger partial charge in [-0.05, 0) is 30.5 Å². The standard InChI is InChI=1S/C15H23NO4/c1-10(2)8-16(9-15(18)19)11(3)12-5-6-13(17)14(7-12)20-4/h5-7,10-11,17H,8-9H2,1-4H3,(H,18,19). The number of phenols is 1. The van der Waals surface area contributed by atoms with Crippen LogP contribution in [0.1, 0.15) is 32.4 Å². The Morgan fingerprint density at radius 2 is 2.00 bits per heavy atom. The fourth-order valence-electron chi connectivity index (χ4n) is 2.17. The van der Waals surface area contributed by atoms with Crippen molar-refractivity contribution in [2.45, 2.75) is 26.8 Å². The summed E-state index contributed by atoms with van der Waals surface area (Å²) in [6, 6.07) is 5.04. The predicted molar refractivity (Wildman–Crippen MR) is 77.1 cm³/mol. The van der Waals surface area contributed by atoms with Gasteiger partial charge in [-0.15, -0.1) is 0 Å². The van der Waals surface area contributed by atoms with Gasteiger partial charge in [0, 0.05) is 12.6 Å². The van der Waals surface area contributed by atoms with Crippen LogP contribution in [0.5, 0.6) is 11.5 Å². The summed E-state index contributed by atoms with van der Waals surface area (Å²) in [5, 5.41) is 18.6. The van der Waals surface area contributed by atoms with Gasteiger partial charge in [0.25, 0.3) is 0 Å². The van der Waals surface area contributed by atoms with E-state index >= 15 is 0 Å². The first-order valence-corrected chi connectivity index (χ1v) is 6.67. The Balaban J connectivity index is 2.98. The van der Waals surface area contributed by atoms with Crippen LogP contribution in [0.2, 0.25) is 0 Å². The second-order valence-corrected chi connectivity index (χ2v) is 5.32. The predicted octanol–water partition coefficient (Wildman–Crippen LogP) is 2.50. The van der Waals surface area contributed by atoms with Gasteiger partial charge in [-0.25, -0.2) is 0 Å². The van der Waals surface area contributed by atoms with Crippen LogP contribution in [-0.4, -0.2) is 41.3 Å². The minimum absolute atomic E-state index is 0.0114. The highest BCUT2D eigenvalue weighted by Crippen LogP contribution is 2.31. The number of phenolic OH excluding ortho intramolecular Hbond substituents is 1. The SMILES string of the molecule is COc1cc(C(C)N(CC(=O)O)CC(C)C)ccc1O. The highest BCUT2D eigenvalue weighted by Gasteiger charge is 2.20. The fraction of sp³-hybridized carbons (Fsp3) is 0.533. The van der Waals surface area contributed by atoms with E-state index in [0.29, 0.717) is 18.2 Å². The molecule has 0 amide bonds. The van der Waals surface area contributed by atoms with E-state index in [1.54, 1.807) is 18.2 Å². The van der Waals surface area contributed by atoms with Crippen molar-refractivity contribution in [3.8, 4) is 11.5 Å². The van der Waals surface area contributed by atoms with Crippen molar-refractivity contribution in [1.29, 1.82) is 0 Å². The van der Waals surface area contributed by atoms with E-state index in [9.17, 15) is 9.90 Å². The lowest BCUT2D eigenvalue weighted by Gasteiger charge is -2.29. The number of aromatic hydroxyl groups is 1. The van der Waals surface area contributed by atoms with Gasteiger partial charge in [-0.3, -0.25) is 9.69 Å². The lowest BCUT2D eigenvalue weighted by atomic mass is 10.0. The van der Waals surface area contributed by atoms with E-state index < -0.39 is 5.97 Å². The maximum atomic E-state index is 11.0. The Labute approximate surface area is 119 Å². The Kier molecular flexibility index (Phi) is 5.82. The highest BCUT2D eigenvalue weighted by molar-refractivity contribution is 5.69. The summed E-state index contributed by atoms with van der Waals surface area (Å²) in [4.78, 5) is 12.9. The molecule has 0 fully saturated rings. The normalized spacial score (nSPS) is 12.7. The number of hydrogen-bond donors (Lipinski definition) is 2. The summed E-state index contributed by atoms with van der Waals surface area (Å²) in [5.41, 5.74) is 0.918. The first-order valence-electron chi connectivity index (χ1n) is 6.67. The maximum Gasteiger partial charge on any atom is 0.317 e. The van der Waals surface area contributed by atoms with Gasteiger partial charge in [0.05, 0.1) is 13.7 Å². The third-order valence-corrected chi connectivity index (χ3v) is 3.17. The molecule has 1 unspecified atom stereocenters. The fourth-order valence-corrected chi connectivity index (χ4v) is 2.17. The zero-order valence-electron chi connectivity index (χ0n) is 12.5. The molecule has 0 saturated carbocycles. The molecule has 0 aliphatic rings. The smallest absolute Gasteiger partial charge is 0.317 e. The molecule has 20 heavy (non-hydrogen) atoms. The number of carboxylic acids is 1. The number of rotatable bonds is 7. The molecule has 0 bridgehead atoms. The Hall–Kier alpha value is -1.75. The minimum atomic E-state index is -0.844. The summed E-state index contributed by atoms with van der Waals surface area (Å²) < 4.78 is 5.09. The number of ether oxygens (including phenoxy) is 1. The third kappa shape index (κ3) is 4.42. The zero-order chi connectivity index (χ0) is 15.3. The molecular formula is C15H23NO4. The average molecular weight is 281 g/mol. The molecule has 5 heteroatoms. The summed E-state index contributed by atoms with van der Waals surface area (Å²) in [5.74, 6) is 0.00493. The molecule has 0 aliphatic heterocycles. The molecule has 0 saturated heterocycles. The molecule has 0 heterocycles. The lowest BCUT2D eigenvalue weighted by Crippen LogP contribution is -2.35. The minimum Gasteiger partial charge on any atom is -0.504 e. The highest BCUT2D eigenvalue weighted by atomic mass is 16.5. The largest absolute Gasteiger partial charge is 0.504 e. The molecule has 0 spiro atoms. The number of benzene rings is 1. The van der Waals surface area contributed by atoms with E-state index in [-0.39, 0.29) is 18.3 Å². The summed E-state index contributed by atoms with van der Waals surface area (Å²) >= 11 is 0. The number of carbonyl (C=O) groups is 1. The topological polar surface area (TPSA) is 70.0 Å². The molecule has 1 atom stereocenters. The van der Waals surface area contributed by atoms with E-state index in [4.69, 9.17) is 9.84 Å². The van der Waals surface area contributed by atoms with Gasteiger partial charge in [-0.1, -0.05) is 19.9 Å². The third-order valence-electron chi connectivity index (χ3n) is 3.17. The van der Waals surface area contributed by atoms with Crippen LogP contribution in [-0.2, 0) is 4.79 Å². The molecule has 5 nitrogen and oxygen atoms in total. The quantitative estimate of drug-likeness (QED) is 0.803. The van der Waals surface area contributed by atoms with Crippen molar-refractivity contribution < 1.29 is 19.7 Å². The van der Waals surface area contributed by atoms with Crippen molar-refractivity contribution in [2.24, 2.45) is 5.92 Å². The molecule has 1 aromatic rings. The van der Waals surface area contributed by atoms with Crippen molar-refractivity contribution in [3.05, 3.63) is 23.8 Å². The lowest BCUT2D eigenvalue weighted by molar-refractivity contribution is -0.139. The second-order valence-electron chi connectivity index (χ2n) is 5.32. The van der Waals surface area contributed by atoms with Gasteiger partial charge < -0.3 is 14.9 Å². The molecule has 1 rings (SSSR count). The monoisotopic (exact) mass is 281 g/mol. The van der Waals surface area contributed by atoms with Crippen LogP contribution in [0, 0.1) is 5.92 Å². The summed E-state index contributed by atoms with van der Waals surface area (Å²) in [6.45, 7) is 6.74.